The molecule has 0 spiro atoms. The molecule has 1 aliphatic heterocycles. The number of aliphatic hydroxyl groups is 1. The van der Waals surface area contributed by atoms with Crippen molar-refractivity contribution in [2.45, 2.75) is 19.1 Å². The van der Waals surface area contributed by atoms with Crippen LogP contribution in [0.15, 0.2) is 18.2 Å². The van der Waals surface area contributed by atoms with E-state index in [9.17, 15) is 9.50 Å². The molecule has 2 heterocycles. The van der Waals surface area contributed by atoms with Gasteiger partial charge in [-0.25, -0.2) is 4.98 Å². The minimum Gasteiger partial charge on any atom is -0.389 e. The molecular formula is C14H22FN3O2. The van der Waals surface area contributed by atoms with Crippen molar-refractivity contribution in [1.29, 1.82) is 0 Å². The molecule has 0 aromatic carbocycles. The Morgan fingerprint density at radius 2 is 2.30 bits per heavy atom. The first-order valence-corrected chi connectivity index (χ1v) is 6.88. The number of anilines is 1. The SMILES string of the molecule is COCC(O)CN1CCN(c2cccc(F)n2)C(C)C1. The molecule has 2 rings (SSSR count). The maximum absolute atomic E-state index is 13.2. The van der Waals surface area contributed by atoms with Crippen molar-refractivity contribution < 1.29 is 14.2 Å². The number of rotatable bonds is 5. The predicted molar refractivity (Wildman–Crippen MR) is 75.3 cm³/mol. The summed E-state index contributed by atoms with van der Waals surface area (Å²) in [5.41, 5.74) is 0. The van der Waals surface area contributed by atoms with E-state index in [0.29, 0.717) is 19.0 Å². The lowest BCUT2D eigenvalue weighted by molar-refractivity contribution is 0.0338. The number of hydrogen-bond donors (Lipinski definition) is 1. The number of piperazine rings is 1. The number of ether oxygens (including phenoxy) is 1. The molecule has 112 valence electrons. The summed E-state index contributed by atoms with van der Waals surface area (Å²) in [6, 6.07) is 5.09. The molecule has 20 heavy (non-hydrogen) atoms. The standard InChI is InChI=1S/C14H22FN3O2/c1-11-8-17(9-12(19)10-20-2)6-7-18(11)14-5-3-4-13(15)16-14/h3-5,11-12,19H,6-10H2,1-2H3. The van der Waals surface area contributed by atoms with Gasteiger partial charge in [0.05, 0.1) is 12.7 Å². The Labute approximate surface area is 119 Å². The Morgan fingerprint density at radius 1 is 1.50 bits per heavy atom. The van der Waals surface area contributed by atoms with E-state index in [-0.39, 0.29) is 6.04 Å². The Morgan fingerprint density at radius 3 is 2.95 bits per heavy atom. The van der Waals surface area contributed by atoms with Crippen molar-refractivity contribution in [2.75, 3.05) is 44.8 Å². The highest BCUT2D eigenvalue weighted by atomic mass is 19.1. The molecular weight excluding hydrogens is 261 g/mol. The van der Waals surface area contributed by atoms with E-state index in [4.69, 9.17) is 4.74 Å². The summed E-state index contributed by atoms with van der Waals surface area (Å²) >= 11 is 0. The number of aromatic nitrogens is 1. The fraction of sp³-hybridized carbons (Fsp3) is 0.643. The lowest BCUT2D eigenvalue weighted by Crippen LogP contribution is -2.54. The van der Waals surface area contributed by atoms with Gasteiger partial charge in [0.15, 0.2) is 0 Å². The molecule has 0 bridgehead atoms. The highest BCUT2D eigenvalue weighted by molar-refractivity contribution is 5.40. The van der Waals surface area contributed by atoms with E-state index < -0.39 is 12.1 Å². The van der Waals surface area contributed by atoms with Crippen molar-refractivity contribution in [1.82, 2.24) is 9.88 Å². The minimum absolute atomic E-state index is 0.229. The van der Waals surface area contributed by atoms with Crippen LogP contribution in [0.4, 0.5) is 10.2 Å². The van der Waals surface area contributed by atoms with Crippen molar-refractivity contribution in [3.63, 3.8) is 0 Å². The van der Waals surface area contributed by atoms with Gasteiger partial charge in [0.2, 0.25) is 5.95 Å². The van der Waals surface area contributed by atoms with Gasteiger partial charge >= 0.3 is 0 Å². The third-order valence-corrected chi connectivity index (χ3v) is 3.53. The van der Waals surface area contributed by atoms with Crippen molar-refractivity contribution in [2.24, 2.45) is 0 Å². The summed E-state index contributed by atoms with van der Waals surface area (Å²) in [6.07, 6.45) is -0.467. The number of pyridine rings is 1. The first-order chi connectivity index (χ1) is 9.60. The fourth-order valence-electron chi connectivity index (χ4n) is 2.64. The number of halogens is 1. The fourth-order valence-corrected chi connectivity index (χ4v) is 2.64. The summed E-state index contributed by atoms with van der Waals surface area (Å²) in [7, 11) is 1.58. The van der Waals surface area contributed by atoms with Crippen molar-refractivity contribution in [3.05, 3.63) is 24.1 Å². The van der Waals surface area contributed by atoms with Crippen LogP contribution in [0.5, 0.6) is 0 Å². The topological polar surface area (TPSA) is 48.8 Å². The number of methoxy groups -OCH3 is 1. The van der Waals surface area contributed by atoms with Gasteiger partial charge in [-0.15, -0.1) is 0 Å². The van der Waals surface area contributed by atoms with Crippen molar-refractivity contribution in [3.8, 4) is 0 Å². The molecule has 2 atom stereocenters. The summed E-state index contributed by atoms with van der Waals surface area (Å²) in [6.45, 7) is 5.45. The molecule has 0 aliphatic carbocycles. The van der Waals surface area contributed by atoms with Gasteiger partial charge in [-0.3, -0.25) is 4.90 Å². The van der Waals surface area contributed by atoms with Gasteiger partial charge < -0.3 is 14.7 Å². The molecule has 1 fully saturated rings. The van der Waals surface area contributed by atoms with Crippen LogP contribution in [0.1, 0.15) is 6.92 Å². The van der Waals surface area contributed by atoms with Gasteiger partial charge in [-0.05, 0) is 19.1 Å². The van der Waals surface area contributed by atoms with Gasteiger partial charge in [0, 0.05) is 39.3 Å². The van der Waals surface area contributed by atoms with Gasteiger partial charge in [0.25, 0.3) is 0 Å². The monoisotopic (exact) mass is 283 g/mol. The Bertz CT molecular complexity index is 433. The Hall–Kier alpha value is -1.24. The number of aliphatic hydroxyl groups excluding tert-OH is 1. The van der Waals surface area contributed by atoms with E-state index in [1.807, 2.05) is 6.07 Å². The van der Waals surface area contributed by atoms with E-state index in [1.165, 1.54) is 6.07 Å². The number of nitrogens with zero attached hydrogens (tertiary/aromatic N) is 3. The van der Waals surface area contributed by atoms with Crippen LogP contribution in [0, 0.1) is 5.95 Å². The number of β-amino-alcohol motifs (C(OH)–C–C–N with tert-alkyl or cyclic N) is 1. The average Bonchev–Trinajstić information content (AvgIpc) is 2.39. The van der Waals surface area contributed by atoms with Crippen LogP contribution in [-0.4, -0.2) is 67.0 Å². The van der Waals surface area contributed by atoms with Crippen LogP contribution in [0.25, 0.3) is 0 Å². The second-order valence-electron chi connectivity index (χ2n) is 5.23. The Balaban J connectivity index is 1.92. The third-order valence-electron chi connectivity index (χ3n) is 3.53. The largest absolute Gasteiger partial charge is 0.389 e. The lowest BCUT2D eigenvalue weighted by atomic mass is 10.1. The molecule has 0 saturated carbocycles. The quantitative estimate of drug-likeness (QED) is 0.808. The maximum atomic E-state index is 13.2. The van der Waals surface area contributed by atoms with E-state index in [2.05, 4.69) is 21.7 Å². The maximum Gasteiger partial charge on any atom is 0.214 e. The summed E-state index contributed by atoms with van der Waals surface area (Å²) < 4.78 is 18.1. The summed E-state index contributed by atoms with van der Waals surface area (Å²) in [4.78, 5) is 8.23. The zero-order valence-corrected chi connectivity index (χ0v) is 12.0. The first kappa shape index (κ1) is 15.2. The van der Waals surface area contributed by atoms with Crippen LogP contribution >= 0.6 is 0 Å². The predicted octanol–water partition coefficient (Wildman–Crippen LogP) is 0.738. The van der Waals surface area contributed by atoms with Crippen LogP contribution < -0.4 is 4.90 Å². The Kier molecular flexibility index (Phi) is 5.28. The molecule has 1 saturated heterocycles. The first-order valence-electron chi connectivity index (χ1n) is 6.88. The second kappa shape index (κ2) is 6.97. The summed E-state index contributed by atoms with van der Waals surface area (Å²) in [5, 5.41) is 9.76. The highest BCUT2D eigenvalue weighted by Gasteiger charge is 2.25. The van der Waals surface area contributed by atoms with Crippen LogP contribution in [-0.2, 0) is 4.74 Å². The van der Waals surface area contributed by atoms with E-state index >= 15 is 0 Å². The molecule has 1 aromatic heterocycles. The minimum atomic E-state index is -0.467. The molecule has 2 unspecified atom stereocenters. The molecule has 1 N–H and O–H groups in total. The molecule has 1 aliphatic rings. The highest BCUT2D eigenvalue weighted by Crippen LogP contribution is 2.18. The molecule has 1 aromatic rings. The zero-order valence-electron chi connectivity index (χ0n) is 12.0. The zero-order chi connectivity index (χ0) is 14.5. The van der Waals surface area contributed by atoms with E-state index in [0.717, 1.165) is 19.6 Å². The van der Waals surface area contributed by atoms with Gasteiger partial charge in [0.1, 0.15) is 5.82 Å². The normalized spacial score (nSPS) is 22.0. The second-order valence-corrected chi connectivity index (χ2v) is 5.23. The van der Waals surface area contributed by atoms with Crippen molar-refractivity contribution >= 4 is 5.82 Å². The summed E-state index contributed by atoms with van der Waals surface area (Å²) in [5.74, 6) is 0.224. The van der Waals surface area contributed by atoms with Gasteiger partial charge in [-0.1, -0.05) is 6.07 Å². The smallest absolute Gasteiger partial charge is 0.214 e. The molecule has 5 nitrogen and oxygen atoms in total. The van der Waals surface area contributed by atoms with E-state index in [1.54, 1.807) is 13.2 Å². The molecule has 6 heteroatoms. The van der Waals surface area contributed by atoms with Gasteiger partial charge in [-0.2, -0.15) is 4.39 Å². The average molecular weight is 283 g/mol. The van der Waals surface area contributed by atoms with Crippen LogP contribution in [0.3, 0.4) is 0 Å². The lowest BCUT2D eigenvalue weighted by Gasteiger charge is -2.41. The third kappa shape index (κ3) is 3.88. The number of hydrogen-bond acceptors (Lipinski definition) is 5. The molecule has 0 radical (unpaired) electrons. The molecule has 0 amide bonds. The van der Waals surface area contributed by atoms with Crippen LogP contribution in [0.2, 0.25) is 0 Å².